The second kappa shape index (κ2) is 10.8. The number of amides is 1. The lowest BCUT2D eigenvalue weighted by atomic mass is 10.1. The molecule has 0 saturated carbocycles. The van der Waals surface area contributed by atoms with Gasteiger partial charge in [0.1, 0.15) is 18.2 Å². The largest absolute Gasteiger partial charge is 0.493 e. The number of nitrogens with zero attached hydrogens (tertiary/aromatic N) is 2. The fourth-order valence-electron chi connectivity index (χ4n) is 3.34. The summed E-state index contributed by atoms with van der Waals surface area (Å²) in [5.74, 6) is 1.80. The van der Waals surface area contributed by atoms with Crippen molar-refractivity contribution in [1.82, 2.24) is 9.97 Å². The maximum Gasteiger partial charge on any atom is 0.412 e. The number of fused-ring (bicyclic) bond motifs is 1. The molecule has 4 aromatic rings. The summed E-state index contributed by atoms with van der Waals surface area (Å²) in [5, 5.41) is 3.56. The number of aromatic nitrogens is 2. The van der Waals surface area contributed by atoms with Crippen molar-refractivity contribution in [2.45, 2.75) is 13.0 Å². The highest BCUT2D eigenvalue weighted by molar-refractivity contribution is 9.10. The number of carbonyl (C=O) groups excluding carboxylic acids is 1. The van der Waals surface area contributed by atoms with Gasteiger partial charge < -0.3 is 18.9 Å². The molecule has 35 heavy (non-hydrogen) atoms. The summed E-state index contributed by atoms with van der Waals surface area (Å²) in [6.07, 6.45) is 0.315. The lowest BCUT2D eigenvalue weighted by Gasteiger charge is -2.15. The molecule has 0 aliphatic carbocycles. The standard InChI is InChI=1S/C25H21BrClN3O5/c1-14(15-5-4-6-16(26)9-15)34-25(31)30-20-8-7-17(10-19(20)27)35-24-18-11-22(32-2)23(33-3)12-21(18)28-13-29-24/h4-14H,1-3H3,(H,30,31). The Morgan fingerprint density at radius 2 is 1.80 bits per heavy atom. The zero-order chi connectivity index (χ0) is 24.9. The SMILES string of the molecule is COc1cc2ncnc(Oc3ccc(NC(=O)OC(C)c4cccc(Br)c4)c(Cl)c3)c2cc1OC. The van der Waals surface area contributed by atoms with Gasteiger partial charge in [0, 0.05) is 16.6 Å². The molecule has 0 spiro atoms. The summed E-state index contributed by atoms with van der Waals surface area (Å²) in [6, 6.07) is 15.9. The molecular weight excluding hydrogens is 538 g/mol. The summed E-state index contributed by atoms with van der Waals surface area (Å²) in [6.45, 7) is 1.79. The van der Waals surface area contributed by atoms with Gasteiger partial charge in [-0.05, 0) is 42.8 Å². The first-order chi connectivity index (χ1) is 16.9. The molecule has 0 aliphatic heterocycles. The monoisotopic (exact) mass is 557 g/mol. The minimum atomic E-state index is -0.629. The summed E-state index contributed by atoms with van der Waals surface area (Å²) < 4.78 is 23.0. The fraction of sp³-hybridized carbons (Fsp3) is 0.160. The van der Waals surface area contributed by atoms with E-state index in [1.54, 1.807) is 51.5 Å². The predicted octanol–water partition coefficient (Wildman–Crippen LogP) is 7.16. The maximum absolute atomic E-state index is 12.4. The molecule has 1 heterocycles. The number of methoxy groups -OCH3 is 2. The van der Waals surface area contributed by atoms with Gasteiger partial charge in [0.15, 0.2) is 11.5 Å². The molecular formula is C25H21BrClN3O5. The smallest absolute Gasteiger partial charge is 0.412 e. The number of carbonyl (C=O) groups is 1. The van der Waals surface area contributed by atoms with Gasteiger partial charge in [-0.25, -0.2) is 14.8 Å². The van der Waals surface area contributed by atoms with Crippen LogP contribution in [-0.2, 0) is 4.74 Å². The molecule has 8 nitrogen and oxygen atoms in total. The Labute approximate surface area is 215 Å². The maximum atomic E-state index is 12.4. The summed E-state index contributed by atoms with van der Waals surface area (Å²) in [7, 11) is 3.10. The van der Waals surface area contributed by atoms with Gasteiger partial charge in [-0.1, -0.05) is 39.7 Å². The van der Waals surface area contributed by atoms with E-state index in [1.807, 2.05) is 24.3 Å². The average molecular weight is 559 g/mol. The van der Waals surface area contributed by atoms with Crippen LogP contribution in [0.4, 0.5) is 10.5 Å². The minimum Gasteiger partial charge on any atom is -0.493 e. The zero-order valence-corrected chi connectivity index (χ0v) is 21.4. The van der Waals surface area contributed by atoms with Crippen molar-refractivity contribution in [2.75, 3.05) is 19.5 Å². The topological polar surface area (TPSA) is 91.8 Å². The Balaban J connectivity index is 1.48. The number of halogens is 2. The normalized spacial score (nSPS) is 11.6. The van der Waals surface area contributed by atoms with Crippen LogP contribution in [0.25, 0.3) is 10.9 Å². The quantitative estimate of drug-likeness (QED) is 0.257. The Morgan fingerprint density at radius 3 is 2.51 bits per heavy atom. The third kappa shape index (κ3) is 5.75. The fourth-order valence-corrected chi connectivity index (χ4v) is 3.98. The summed E-state index contributed by atoms with van der Waals surface area (Å²) >= 11 is 9.81. The van der Waals surface area contributed by atoms with Crippen molar-refractivity contribution in [3.05, 3.63) is 76.0 Å². The molecule has 0 fully saturated rings. The van der Waals surface area contributed by atoms with E-state index in [2.05, 4.69) is 31.2 Å². The number of benzene rings is 3. The van der Waals surface area contributed by atoms with Crippen LogP contribution in [0, 0.1) is 0 Å². The lowest BCUT2D eigenvalue weighted by Crippen LogP contribution is -2.16. The van der Waals surface area contributed by atoms with Crippen LogP contribution in [0.5, 0.6) is 23.1 Å². The Morgan fingerprint density at radius 1 is 1.03 bits per heavy atom. The van der Waals surface area contributed by atoms with Crippen molar-refractivity contribution in [1.29, 1.82) is 0 Å². The highest BCUT2D eigenvalue weighted by Gasteiger charge is 2.16. The Kier molecular flexibility index (Phi) is 7.57. The summed E-state index contributed by atoms with van der Waals surface area (Å²) in [5.41, 5.74) is 1.86. The van der Waals surface area contributed by atoms with Crippen molar-refractivity contribution in [3.63, 3.8) is 0 Å². The van der Waals surface area contributed by atoms with Crippen LogP contribution in [0.1, 0.15) is 18.6 Å². The number of ether oxygens (including phenoxy) is 4. The molecule has 1 aromatic heterocycles. The van der Waals surface area contributed by atoms with Gasteiger partial charge in [-0.3, -0.25) is 5.32 Å². The number of nitrogens with one attached hydrogen (secondary N) is 1. The van der Waals surface area contributed by atoms with Crippen LogP contribution >= 0.6 is 27.5 Å². The van der Waals surface area contributed by atoms with Crippen LogP contribution in [-0.4, -0.2) is 30.3 Å². The van der Waals surface area contributed by atoms with E-state index in [1.165, 1.54) is 6.33 Å². The van der Waals surface area contributed by atoms with E-state index >= 15 is 0 Å². The van der Waals surface area contributed by atoms with E-state index in [4.69, 9.17) is 30.5 Å². The highest BCUT2D eigenvalue weighted by Crippen LogP contribution is 2.37. The first-order valence-corrected chi connectivity index (χ1v) is 11.6. The Bertz CT molecular complexity index is 1380. The van der Waals surface area contributed by atoms with Gasteiger partial charge in [0.2, 0.25) is 5.88 Å². The van der Waals surface area contributed by atoms with Crippen molar-refractivity contribution < 1.29 is 23.7 Å². The predicted molar refractivity (Wildman–Crippen MR) is 137 cm³/mol. The minimum absolute atomic E-state index is 0.271. The molecule has 1 N–H and O–H groups in total. The molecule has 10 heteroatoms. The van der Waals surface area contributed by atoms with Gasteiger partial charge in [0.25, 0.3) is 0 Å². The lowest BCUT2D eigenvalue weighted by molar-refractivity contribution is 0.121. The Hall–Kier alpha value is -3.56. The van der Waals surface area contributed by atoms with Crippen molar-refractivity contribution in [3.8, 4) is 23.1 Å². The zero-order valence-electron chi connectivity index (χ0n) is 19.0. The van der Waals surface area contributed by atoms with Crippen LogP contribution in [0.2, 0.25) is 5.02 Å². The molecule has 4 rings (SSSR count). The molecule has 1 unspecified atom stereocenters. The van der Waals surface area contributed by atoms with Crippen molar-refractivity contribution >= 4 is 50.2 Å². The molecule has 3 aromatic carbocycles. The molecule has 0 saturated heterocycles. The number of hydrogen-bond acceptors (Lipinski definition) is 7. The van der Waals surface area contributed by atoms with Crippen LogP contribution < -0.4 is 19.5 Å². The van der Waals surface area contributed by atoms with Gasteiger partial charge >= 0.3 is 6.09 Å². The van der Waals surface area contributed by atoms with Gasteiger partial charge in [-0.15, -0.1) is 0 Å². The average Bonchev–Trinajstić information content (AvgIpc) is 2.85. The number of hydrogen-bond donors (Lipinski definition) is 1. The molecule has 180 valence electrons. The first kappa shape index (κ1) is 24.6. The van der Waals surface area contributed by atoms with Crippen molar-refractivity contribution in [2.24, 2.45) is 0 Å². The second-order valence-electron chi connectivity index (χ2n) is 7.37. The summed E-state index contributed by atoms with van der Waals surface area (Å²) in [4.78, 5) is 20.9. The highest BCUT2D eigenvalue weighted by atomic mass is 79.9. The molecule has 0 aliphatic rings. The van der Waals surface area contributed by atoms with Gasteiger partial charge in [0.05, 0.1) is 35.8 Å². The van der Waals surface area contributed by atoms with E-state index in [-0.39, 0.29) is 5.02 Å². The third-order valence-electron chi connectivity index (χ3n) is 5.10. The number of anilines is 1. The third-order valence-corrected chi connectivity index (χ3v) is 5.90. The molecule has 1 amide bonds. The van der Waals surface area contributed by atoms with E-state index in [0.29, 0.717) is 39.7 Å². The number of rotatable bonds is 7. The molecule has 0 radical (unpaired) electrons. The van der Waals surface area contributed by atoms with Crippen LogP contribution in [0.3, 0.4) is 0 Å². The van der Waals surface area contributed by atoms with E-state index < -0.39 is 12.2 Å². The van der Waals surface area contributed by atoms with Crippen LogP contribution in [0.15, 0.2) is 65.4 Å². The van der Waals surface area contributed by atoms with E-state index in [9.17, 15) is 4.79 Å². The first-order valence-electron chi connectivity index (χ1n) is 10.4. The molecule has 0 bridgehead atoms. The van der Waals surface area contributed by atoms with Gasteiger partial charge in [-0.2, -0.15) is 0 Å². The van der Waals surface area contributed by atoms with E-state index in [0.717, 1.165) is 10.0 Å². The second-order valence-corrected chi connectivity index (χ2v) is 8.70. The molecule has 1 atom stereocenters.